The molecule has 1 aliphatic rings. The molecule has 2 aromatic rings. The normalized spacial score (nSPS) is 13.4. The molecule has 1 aliphatic carbocycles. The Kier molecular flexibility index (Phi) is 4.94. The molecule has 0 saturated heterocycles. The minimum Gasteiger partial charge on any atom is -0.488 e. The van der Waals surface area contributed by atoms with E-state index in [0.29, 0.717) is 6.61 Å². The molecule has 0 amide bonds. The topological polar surface area (TPSA) is 21.3 Å². The van der Waals surface area contributed by atoms with Crippen LogP contribution in [0.3, 0.4) is 0 Å². The Hall–Kier alpha value is -1.32. The Morgan fingerprint density at radius 2 is 1.95 bits per heavy atom. The van der Waals surface area contributed by atoms with E-state index in [1.165, 1.54) is 46.6 Å². The lowest BCUT2D eigenvalue weighted by Gasteiger charge is -2.07. The van der Waals surface area contributed by atoms with Crippen LogP contribution in [0.25, 0.3) is 0 Å². The van der Waals surface area contributed by atoms with Crippen LogP contribution in [0.4, 0.5) is 0 Å². The van der Waals surface area contributed by atoms with Gasteiger partial charge in [0.25, 0.3) is 0 Å². The zero-order valence-corrected chi connectivity index (χ0v) is 13.5. The number of fused-ring (bicyclic) bond motifs is 1. The Bertz CT molecular complexity index is 591. The SMILES string of the molecule is CCCNCc1ccc(COc2ccc3c(c2)CCC3)s1. The summed E-state index contributed by atoms with van der Waals surface area (Å²) in [6, 6.07) is 10.9. The molecular weight excluding hydrogens is 278 g/mol. The van der Waals surface area contributed by atoms with Crippen molar-refractivity contribution in [2.45, 2.75) is 45.8 Å². The third-order valence-corrected chi connectivity index (χ3v) is 4.95. The standard InChI is InChI=1S/C18H23NOS/c1-2-10-19-12-17-8-9-18(21-17)13-20-16-7-6-14-4-3-5-15(14)11-16/h6-9,11,19H,2-5,10,12-13H2,1H3. The van der Waals surface area contributed by atoms with Gasteiger partial charge in [-0.25, -0.2) is 0 Å². The molecular formula is C18H23NOS. The van der Waals surface area contributed by atoms with Crippen LogP contribution in [-0.4, -0.2) is 6.54 Å². The minimum absolute atomic E-state index is 0.678. The van der Waals surface area contributed by atoms with E-state index in [2.05, 4.69) is 42.6 Å². The fraction of sp³-hybridized carbons (Fsp3) is 0.444. The van der Waals surface area contributed by atoms with Gasteiger partial charge in [-0.15, -0.1) is 11.3 Å². The number of hydrogen-bond donors (Lipinski definition) is 1. The maximum absolute atomic E-state index is 5.95. The number of benzene rings is 1. The third-order valence-electron chi connectivity index (χ3n) is 3.89. The van der Waals surface area contributed by atoms with Crippen molar-refractivity contribution in [3.63, 3.8) is 0 Å². The summed E-state index contributed by atoms with van der Waals surface area (Å²) in [6.45, 7) is 4.92. The second-order valence-corrected chi connectivity index (χ2v) is 6.87. The quantitative estimate of drug-likeness (QED) is 0.769. The molecule has 2 nitrogen and oxygen atoms in total. The van der Waals surface area contributed by atoms with E-state index >= 15 is 0 Å². The fourth-order valence-electron chi connectivity index (χ4n) is 2.78. The average molecular weight is 301 g/mol. The molecule has 1 aromatic heterocycles. The highest BCUT2D eigenvalue weighted by molar-refractivity contribution is 7.11. The van der Waals surface area contributed by atoms with Crippen LogP contribution in [0.1, 0.15) is 40.6 Å². The predicted molar refractivity (Wildman–Crippen MR) is 89.1 cm³/mol. The molecule has 0 fully saturated rings. The van der Waals surface area contributed by atoms with E-state index in [9.17, 15) is 0 Å². The summed E-state index contributed by atoms with van der Waals surface area (Å²) < 4.78 is 5.95. The van der Waals surface area contributed by atoms with Crippen molar-refractivity contribution in [2.24, 2.45) is 0 Å². The van der Waals surface area contributed by atoms with Crippen molar-refractivity contribution in [3.05, 3.63) is 51.2 Å². The zero-order valence-electron chi connectivity index (χ0n) is 12.7. The van der Waals surface area contributed by atoms with Crippen LogP contribution in [0.5, 0.6) is 5.75 Å². The molecule has 1 N–H and O–H groups in total. The van der Waals surface area contributed by atoms with Gasteiger partial charge in [0, 0.05) is 16.3 Å². The number of rotatable bonds is 7. The summed E-state index contributed by atoms with van der Waals surface area (Å²) in [5.74, 6) is 1.01. The molecule has 0 radical (unpaired) electrons. The lowest BCUT2D eigenvalue weighted by atomic mass is 10.1. The first-order valence-corrected chi connectivity index (χ1v) is 8.69. The van der Waals surface area contributed by atoms with E-state index in [1.807, 2.05) is 11.3 Å². The maximum Gasteiger partial charge on any atom is 0.122 e. The van der Waals surface area contributed by atoms with Crippen molar-refractivity contribution in [1.29, 1.82) is 0 Å². The molecule has 3 heteroatoms. The Labute approximate surface area is 131 Å². The van der Waals surface area contributed by atoms with E-state index < -0.39 is 0 Å². The fourth-order valence-corrected chi connectivity index (χ4v) is 3.68. The van der Waals surface area contributed by atoms with Crippen LogP contribution >= 0.6 is 11.3 Å². The van der Waals surface area contributed by atoms with Gasteiger partial charge < -0.3 is 10.1 Å². The van der Waals surface area contributed by atoms with Crippen molar-refractivity contribution in [1.82, 2.24) is 5.32 Å². The van der Waals surface area contributed by atoms with Gasteiger partial charge in [-0.3, -0.25) is 0 Å². The number of hydrogen-bond acceptors (Lipinski definition) is 3. The zero-order chi connectivity index (χ0) is 14.5. The average Bonchev–Trinajstić information content (AvgIpc) is 3.13. The van der Waals surface area contributed by atoms with Gasteiger partial charge in [-0.2, -0.15) is 0 Å². The van der Waals surface area contributed by atoms with Crippen LogP contribution in [0.2, 0.25) is 0 Å². The third kappa shape index (κ3) is 3.86. The van der Waals surface area contributed by atoms with Gasteiger partial charge in [-0.1, -0.05) is 13.0 Å². The van der Waals surface area contributed by atoms with Crippen LogP contribution in [0.15, 0.2) is 30.3 Å². The van der Waals surface area contributed by atoms with Crippen LogP contribution < -0.4 is 10.1 Å². The summed E-state index contributed by atoms with van der Waals surface area (Å²) in [7, 11) is 0. The Balaban J connectivity index is 1.53. The molecule has 0 spiro atoms. The summed E-state index contributed by atoms with van der Waals surface area (Å²) in [5.41, 5.74) is 2.98. The van der Waals surface area contributed by atoms with Crippen molar-refractivity contribution in [3.8, 4) is 5.75 Å². The van der Waals surface area contributed by atoms with Gasteiger partial charge in [0.1, 0.15) is 12.4 Å². The lowest BCUT2D eigenvalue weighted by Crippen LogP contribution is -2.12. The molecule has 112 valence electrons. The lowest BCUT2D eigenvalue weighted by molar-refractivity contribution is 0.309. The predicted octanol–water partition coefficient (Wildman–Crippen LogP) is 4.32. The molecule has 0 aliphatic heterocycles. The van der Waals surface area contributed by atoms with E-state index in [1.54, 1.807) is 0 Å². The maximum atomic E-state index is 5.95. The largest absolute Gasteiger partial charge is 0.488 e. The van der Waals surface area contributed by atoms with Gasteiger partial charge in [0.2, 0.25) is 0 Å². The summed E-state index contributed by atoms with van der Waals surface area (Å²) in [4.78, 5) is 2.68. The van der Waals surface area contributed by atoms with Gasteiger partial charge >= 0.3 is 0 Å². The van der Waals surface area contributed by atoms with E-state index in [0.717, 1.165) is 18.8 Å². The molecule has 0 unspecified atom stereocenters. The summed E-state index contributed by atoms with van der Waals surface area (Å²) in [6.07, 6.45) is 4.91. The van der Waals surface area contributed by atoms with Crippen LogP contribution in [-0.2, 0) is 26.0 Å². The van der Waals surface area contributed by atoms with Crippen molar-refractivity contribution >= 4 is 11.3 Å². The molecule has 0 saturated carbocycles. The van der Waals surface area contributed by atoms with Gasteiger partial charge in [-0.05, 0) is 67.6 Å². The minimum atomic E-state index is 0.678. The highest BCUT2D eigenvalue weighted by Gasteiger charge is 2.11. The monoisotopic (exact) mass is 301 g/mol. The molecule has 1 heterocycles. The van der Waals surface area contributed by atoms with Crippen molar-refractivity contribution in [2.75, 3.05) is 6.54 Å². The highest BCUT2D eigenvalue weighted by atomic mass is 32.1. The van der Waals surface area contributed by atoms with Crippen molar-refractivity contribution < 1.29 is 4.74 Å². The molecule has 1 aromatic carbocycles. The highest BCUT2D eigenvalue weighted by Crippen LogP contribution is 2.27. The smallest absolute Gasteiger partial charge is 0.122 e. The molecule has 21 heavy (non-hydrogen) atoms. The van der Waals surface area contributed by atoms with Gasteiger partial charge in [0.15, 0.2) is 0 Å². The number of aryl methyl sites for hydroxylation is 2. The first-order valence-electron chi connectivity index (χ1n) is 7.88. The molecule has 0 atom stereocenters. The summed E-state index contributed by atoms with van der Waals surface area (Å²) >= 11 is 1.84. The second kappa shape index (κ2) is 7.10. The molecule has 0 bridgehead atoms. The number of ether oxygens (including phenoxy) is 1. The molecule has 3 rings (SSSR count). The number of thiophene rings is 1. The first-order chi connectivity index (χ1) is 10.3. The van der Waals surface area contributed by atoms with Gasteiger partial charge in [0.05, 0.1) is 0 Å². The number of nitrogens with one attached hydrogen (secondary N) is 1. The van der Waals surface area contributed by atoms with E-state index in [-0.39, 0.29) is 0 Å². The summed E-state index contributed by atoms with van der Waals surface area (Å²) in [5, 5.41) is 3.44. The van der Waals surface area contributed by atoms with Crippen LogP contribution in [0, 0.1) is 0 Å². The first kappa shape index (κ1) is 14.6. The Morgan fingerprint density at radius 1 is 1.10 bits per heavy atom. The Morgan fingerprint density at radius 3 is 2.86 bits per heavy atom. The van der Waals surface area contributed by atoms with E-state index in [4.69, 9.17) is 4.74 Å². The second-order valence-electron chi connectivity index (χ2n) is 5.62.